The fourth-order valence-corrected chi connectivity index (χ4v) is 6.83. The van der Waals surface area contributed by atoms with Crippen molar-refractivity contribution in [3.8, 4) is 0 Å². The number of carbonyl (C=O) groups is 1. The summed E-state index contributed by atoms with van der Waals surface area (Å²) in [7, 11) is 0. The van der Waals surface area contributed by atoms with Crippen LogP contribution in [0.4, 0.5) is 4.79 Å². The van der Waals surface area contributed by atoms with Gasteiger partial charge in [-0.1, -0.05) is 105 Å². The Morgan fingerprint density at radius 3 is 1.63 bits per heavy atom. The van der Waals surface area contributed by atoms with Crippen LogP contribution in [0, 0.1) is 98.1 Å². The second-order valence-electron chi connectivity index (χ2n) is 13.0. The van der Waals surface area contributed by atoms with Crippen molar-refractivity contribution >= 4 is 6.09 Å². The monoisotopic (exact) mass is 867 g/mol. The van der Waals surface area contributed by atoms with Gasteiger partial charge in [-0.15, -0.1) is 6.42 Å². The average Bonchev–Trinajstić information content (AvgIpc) is 3.61. The fourth-order valence-electron chi connectivity index (χ4n) is 6.83. The molecule has 244 valence electrons. The first-order chi connectivity index (χ1) is 18.7. The van der Waals surface area contributed by atoms with Crippen LogP contribution in [0.25, 0.3) is 5.32 Å². The molecule has 2 heterocycles. The second kappa shape index (κ2) is 22.3. The van der Waals surface area contributed by atoms with Crippen molar-refractivity contribution in [2.45, 2.75) is 160 Å². The first-order valence-electron chi connectivity index (χ1n) is 15.9. The van der Waals surface area contributed by atoms with Crippen LogP contribution in [-0.4, -0.2) is 78.0 Å². The van der Waals surface area contributed by atoms with Gasteiger partial charge in [0, 0.05) is 104 Å². The molecule has 1 amide bonds. The predicted molar refractivity (Wildman–Crippen MR) is 156 cm³/mol. The van der Waals surface area contributed by atoms with Crippen LogP contribution in [0.1, 0.15) is 111 Å². The van der Waals surface area contributed by atoms with Gasteiger partial charge in [-0.25, -0.2) is 0 Å². The zero-order valence-corrected chi connectivity index (χ0v) is 30.3. The molecule has 0 spiro atoms. The van der Waals surface area contributed by atoms with Crippen molar-refractivity contribution in [2.24, 2.45) is 11.8 Å². The minimum Gasteiger partial charge on any atom is -0.614 e. The molecule has 0 radical (unpaired) electrons. The molecule has 2 aliphatic heterocycles. The Bertz CT molecular complexity index is 687. The predicted octanol–water partition coefficient (Wildman–Crippen LogP) is 5.25. The van der Waals surface area contributed by atoms with Gasteiger partial charge in [0.1, 0.15) is 12.2 Å². The molecule has 4 aliphatic rings. The minimum absolute atomic E-state index is 0. The van der Waals surface area contributed by atoms with Crippen LogP contribution in [-0.2, 0) is 9.47 Å². The number of aliphatic hydroxyl groups is 2. The molecule has 41 heavy (non-hydrogen) atoms. The summed E-state index contributed by atoms with van der Waals surface area (Å²) in [6.45, 7) is 9.43. The first-order valence-corrected chi connectivity index (χ1v) is 15.9. The fraction of sp³-hybridized carbons (Fsp3) is 0.935. The van der Waals surface area contributed by atoms with Crippen LogP contribution in [0.5, 0.6) is 0 Å². The van der Waals surface area contributed by atoms with E-state index in [9.17, 15) is 15.0 Å². The largest absolute Gasteiger partial charge is 0.614 e. The molecule has 8 nitrogen and oxygen atoms in total. The van der Waals surface area contributed by atoms with Crippen molar-refractivity contribution in [3.05, 3.63) is 11.7 Å². The summed E-state index contributed by atoms with van der Waals surface area (Å²) in [6, 6.07) is 0.865. The van der Waals surface area contributed by atoms with Crippen LogP contribution in [0.3, 0.4) is 0 Å². The Morgan fingerprint density at radius 1 is 0.805 bits per heavy atom. The van der Waals surface area contributed by atoms with E-state index in [1.165, 1.54) is 64.2 Å². The second-order valence-corrected chi connectivity index (χ2v) is 13.0. The van der Waals surface area contributed by atoms with Gasteiger partial charge in [0.15, 0.2) is 0 Å². The summed E-state index contributed by atoms with van der Waals surface area (Å²) in [5.41, 5.74) is 0. The summed E-state index contributed by atoms with van der Waals surface area (Å²) in [4.78, 5) is 11.1. The topological polar surface area (TPSA) is 114 Å². The van der Waals surface area contributed by atoms with Gasteiger partial charge >= 0.3 is 0 Å². The SMILES string of the molecule is CC(C)NC(CC1CCCCC1)C(O)C1C[CH-]CO1.CC(C)NC(CC1CCCCC1)C(O)C1C[N-]C(=O)O1.[Gd].[Gd]. The summed E-state index contributed by atoms with van der Waals surface area (Å²) >= 11 is 0. The van der Waals surface area contributed by atoms with Crippen molar-refractivity contribution in [2.75, 3.05) is 13.2 Å². The van der Waals surface area contributed by atoms with Crippen molar-refractivity contribution in [1.82, 2.24) is 10.6 Å². The summed E-state index contributed by atoms with van der Waals surface area (Å²) in [5.74, 6) is 1.45. The first kappa shape index (κ1) is 40.7. The third-order valence-corrected chi connectivity index (χ3v) is 8.78. The Kier molecular flexibility index (Phi) is 22.1. The number of rotatable bonds is 12. The number of cyclic esters (lactones) is 1. The van der Waals surface area contributed by atoms with E-state index < -0.39 is 18.3 Å². The molecule has 10 heteroatoms. The normalized spacial score (nSPS) is 26.6. The number of ether oxygens (including phenoxy) is 2. The Morgan fingerprint density at radius 2 is 1.27 bits per heavy atom. The Labute approximate surface area is 314 Å². The zero-order chi connectivity index (χ0) is 28.2. The van der Waals surface area contributed by atoms with Gasteiger partial charge in [0.05, 0.1) is 12.2 Å². The summed E-state index contributed by atoms with van der Waals surface area (Å²) < 4.78 is 10.7. The average molecular weight is 866 g/mol. The zero-order valence-electron chi connectivity index (χ0n) is 25.7. The molecule has 6 atom stereocenters. The van der Waals surface area contributed by atoms with E-state index in [0.29, 0.717) is 24.6 Å². The van der Waals surface area contributed by atoms with Gasteiger partial charge in [0.25, 0.3) is 0 Å². The van der Waals surface area contributed by atoms with E-state index in [-0.39, 0.29) is 111 Å². The van der Waals surface area contributed by atoms with E-state index >= 15 is 0 Å². The van der Waals surface area contributed by atoms with E-state index in [0.717, 1.165) is 25.2 Å². The van der Waals surface area contributed by atoms with E-state index in [4.69, 9.17) is 9.47 Å². The maximum absolute atomic E-state index is 11.1. The van der Waals surface area contributed by atoms with Crippen LogP contribution < -0.4 is 10.6 Å². The van der Waals surface area contributed by atoms with Crippen LogP contribution in [0.15, 0.2) is 0 Å². The number of carbonyl (C=O) groups excluding carboxylic acids is 1. The quantitative estimate of drug-likeness (QED) is 0.198. The van der Waals surface area contributed by atoms with Crippen LogP contribution >= 0.6 is 0 Å². The summed E-state index contributed by atoms with van der Waals surface area (Å²) in [5, 5.41) is 31.8. The number of hydrogen-bond acceptors (Lipinski definition) is 7. The molecule has 0 bridgehead atoms. The molecule has 0 aromatic heterocycles. The molecule has 0 aromatic carbocycles. The van der Waals surface area contributed by atoms with Crippen molar-refractivity contribution in [3.63, 3.8) is 0 Å². The molecule has 0 aromatic rings. The maximum Gasteiger partial charge on any atom is 0.229 e. The van der Waals surface area contributed by atoms with Crippen molar-refractivity contribution in [1.29, 1.82) is 0 Å². The molecule has 2 saturated heterocycles. The van der Waals surface area contributed by atoms with Crippen LogP contribution in [0.2, 0.25) is 0 Å². The van der Waals surface area contributed by atoms with E-state index in [1.54, 1.807) is 0 Å². The van der Waals surface area contributed by atoms with E-state index in [1.807, 2.05) is 0 Å². The molecule has 2 saturated carbocycles. The number of amides is 1. The number of aliphatic hydroxyl groups excluding tert-OH is 2. The standard InChI is InChI=1S/C16H30NO2.C15H28N2O3.2Gd/c1-12(2)17-14(11-13-7-4-3-5-8-13)16(18)15-9-6-10-19-15;1-10(2)17-12(8-11-6-4-3-5-7-11)14(18)13-9-16-15(19)20-13;;/h6,12-18H,3-5,7-11H2,1-2H3;10-14,17-18H,3-9H2,1-2H3,(H,16,19);;/q-1;;;/p-1. The number of hydrogen-bond donors (Lipinski definition) is 4. The Hall–Kier alpha value is 1.72. The van der Waals surface area contributed by atoms with E-state index in [2.05, 4.69) is 50.1 Å². The van der Waals surface area contributed by atoms with Gasteiger partial charge in [-0.05, 0) is 24.7 Å². The van der Waals surface area contributed by atoms with Gasteiger partial charge in [-0.3, -0.25) is 4.79 Å². The van der Waals surface area contributed by atoms with Gasteiger partial charge in [-0.2, -0.15) is 0 Å². The van der Waals surface area contributed by atoms with Gasteiger partial charge < -0.3 is 42.1 Å². The minimum atomic E-state index is -0.672. The third-order valence-electron chi connectivity index (χ3n) is 8.78. The molecule has 4 N–H and O–H groups in total. The molecular formula is C31H57Gd2N3O5-2. The Balaban J connectivity index is 0.000000391. The third kappa shape index (κ3) is 15.2. The summed E-state index contributed by atoms with van der Waals surface area (Å²) in [6.07, 6.45) is 16.2. The smallest absolute Gasteiger partial charge is 0.229 e. The molecule has 2 aliphatic carbocycles. The maximum atomic E-state index is 11.1. The number of nitrogens with one attached hydrogen (secondary N) is 2. The molecule has 6 unspecified atom stereocenters. The van der Waals surface area contributed by atoms with Crippen molar-refractivity contribution < 1.29 is 104 Å². The molecular weight excluding hydrogens is 809 g/mol. The van der Waals surface area contributed by atoms with Gasteiger partial charge in [0.2, 0.25) is 6.09 Å². The number of nitrogens with zero attached hydrogens (tertiary/aromatic N) is 1. The molecule has 4 fully saturated rings. The molecule has 4 rings (SSSR count).